The predicted molar refractivity (Wildman–Crippen MR) is 79.7 cm³/mol. The van der Waals surface area contributed by atoms with Gasteiger partial charge >= 0.3 is 0 Å². The van der Waals surface area contributed by atoms with Crippen molar-refractivity contribution in [1.29, 1.82) is 0 Å². The lowest BCUT2D eigenvalue weighted by molar-refractivity contribution is 0.137. The average molecular weight is 268 g/mol. The number of hydrogen-bond acceptors (Lipinski definition) is 4. The van der Waals surface area contributed by atoms with Crippen molar-refractivity contribution in [2.75, 3.05) is 6.54 Å². The molecular formula is C15H28N2O2. The molecule has 0 aromatic carbocycles. The van der Waals surface area contributed by atoms with Gasteiger partial charge < -0.3 is 15.6 Å². The van der Waals surface area contributed by atoms with Crippen LogP contribution in [0.15, 0.2) is 36.6 Å². The normalized spacial score (nSPS) is 13.1. The minimum atomic E-state index is -0.541. The zero-order valence-corrected chi connectivity index (χ0v) is 12.0. The van der Waals surface area contributed by atoms with Crippen molar-refractivity contribution in [3.05, 3.63) is 36.6 Å². The Bertz CT molecular complexity index is 288. The Morgan fingerprint density at radius 1 is 1.21 bits per heavy atom. The van der Waals surface area contributed by atoms with Crippen LogP contribution in [0.3, 0.4) is 0 Å². The molecular weight excluding hydrogens is 240 g/mol. The molecule has 4 heteroatoms. The van der Waals surface area contributed by atoms with E-state index in [1.807, 2.05) is 13.0 Å². The smallest absolute Gasteiger partial charge is 0.124 e. The van der Waals surface area contributed by atoms with Gasteiger partial charge in [0.25, 0.3) is 0 Å². The Kier molecular flexibility index (Phi) is 11.3. The number of nitrogens with one attached hydrogen (secondary N) is 2. The monoisotopic (exact) mass is 268 g/mol. The van der Waals surface area contributed by atoms with Crippen LogP contribution in [-0.2, 0) is 0 Å². The first-order valence-corrected chi connectivity index (χ1v) is 6.91. The van der Waals surface area contributed by atoms with E-state index in [0.29, 0.717) is 12.2 Å². The van der Waals surface area contributed by atoms with Gasteiger partial charge in [-0.05, 0) is 37.8 Å². The van der Waals surface area contributed by atoms with Crippen LogP contribution in [0.5, 0.6) is 0 Å². The fraction of sp³-hybridized carbons (Fsp3) is 0.600. The molecule has 0 fully saturated rings. The van der Waals surface area contributed by atoms with Crippen molar-refractivity contribution in [2.45, 2.75) is 51.7 Å². The molecule has 0 aliphatic carbocycles. The molecule has 0 saturated heterocycles. The van der Waals surface area contributed by atoms with E-state index in [1.54, 1.807) is 6.08 Å². The first kappa shape index (κ1) is 17.9. The molecule has 19 heavy (non-hydrogen) atoms. The summed E-state index contributed by atoms with van der Waals surface area (Å²) >= 11 is 0. The molecule has 0 saturated carbocycles. The molecule has 4 N–H and O–H groups in total. The summed E-state index contributed by atoms with van der Waals surface area (Å²) in [5, 5.41) is 21.1. The molecule has 0 rings (SSSR count). The highest BCUT2D eigenvalue weighted by atomic mass is 16.5. The van der Waals surface area contributed by atoms with Crippen LogP contribution in [0.2, 0.25) is 0 Å². The Labute approximate surface area is 116 Å². The number of aliphatic hydroxyl groups excluding tert-OH is 1. The lowest BCUT2D eigenvalue weighted by atomic mass is 10.1. The van der Waals surface area contributed by atoms with E-state index in [2.05, 4.69) is 24.0 Å². The Balaban J connectivity index is 3.56. The molecule has 0 aliphatic rings. The van der Waals surface area contributed by atoms with E-state index >= 15 is 0 Å². The van der Waals surface area contributed by atoms with Gasteiger partial charge in [-0.25, -0.2) is 5.48 Å². The second-order valence-electron chi connectivity index (χ2n) is 4.74. The van der Waals surface area contributed by atoms with Crippen LogP contribution in [0.4, 0.5) is 0 Å². The third-order valence-electron chi connectivity index (χ3n) is 2.84. The minimum absolute atomic E-state index is 0.541. The lowest BCUT2D eigenvalue weighted by Gasteiger charge is -2.14. The predicted octanol–water partition coefficient (Wildman–Crippen LogP) is 2.86. The maximum atomic E-state index is 9.78. The van der Waals surface area contributed by atoms with Crippen molar-refractivity contribution >= 4 is 0 Å². The van der Waals surface area contributed by atoms with Crippen molar-refractivity contribution in [3.8, 4) is 0 Å². The summed E-state index contributed by atoms with van der Waals surface area (Å²) < 4.78 is 0. The first-order valence-electron chi connectivity index (χ1n) is 6.91. The van der Waals surface area contributed by atoms with Crippen molar-refractivity contribution in [1.82, 2.24) is 10.8 Å². The molecule has 4 nitrogen and oxygen atoms in total. The molecule has 1 unspecified atom stereocenters. The van der Waals surface area contributed by atoms with Crippen molar-refractivity contribution in [3.63, 3.8) is 0 Å². The maximum absolute atomic E-state index is 9.78. The molecule has 1 atom stereocenters. The summed E-state index contributed by atoms with van der Waals surface area (Å²) in [5.74, 6) is 0. The summed E-state index contributed by atoms with van der Waals surface area (Å²) in [4.78, 5) is 0. The lowest BCUT2D eigenvalue weighted by Crippen LogP contribution is -2.26. The van der Waals surface area contributed by atoms with Gasteiger partial charge in [-0.1, -0.05) is 38.5 Å². The fourth-order valence-corrected chi connectivity index (χ4v) is 1.73. The van der Waals surface area contributed by atoms with Crippen LogP contribution in [-0.4, -0.2) is 23.1 Å². The highest BCUT2D eigenvalue weighted by molar-refractivity contribution is 5.24. The number of allylic oxidation sites excluding steroid dienone is 3. The maximum Gasteiger partial charge on any atom is 0.124 e. The summed E-state index contributed by atoms with van der Waals surface area (Å²) in [6.45, 7) is 10.1. The number of hydrogen-bond donors (Lipinski definition) is 4. The fourth-order valence-electron chi connectivity index (χ4n) is 1.73. The molecule has 110 valence electrons. The van der Waals surface area contributed by atoms with Gasteiger partial charge in [0.2, 0.25) is 0 Å². The highest BCUT2D eigenvalue weighted by Crippen LogP contribution is 2.07. The van der Waals surface area contributed by atoms with E-state index in [-0.39, 0.29) is 0 Å². The van der Waals surface area contributed by atoms with Gasteiger partial charge in [0, 0.05) is 12.2 Å². The van der Waals surface area contributed by atoms with E-state index < -0.39 is 6.23 Å². The van der Waals surface area contributed by atoms with Gasteiger partial charge in [-0.15, -0.1) is 0 Å². The number of hydroxylamine groups is 1. The summed E-state index contributed by atoms with van der Waals surface area (Å²) in [6.07, 6.45) is 9.09. The van der Waals surface area contributed by atoms with Gasteiger partial charge in [-0.2, -0.15) is 0 Å². The van der Waals surface area contributed by atoms with Crippen LogP contribution in [0, 0.1) is 0 Å². The molecule has 0 aliphatic heterocycles. The van der Waals surface area contributed by atoms with Gasteiger partial charge in [-0.3, -0.25) is 0 Å². The Hall–Kier alpha value is -1.10. The SMILES string of the molecule is C=C/C(C)=C\C(=C)NC(O)CCCCCCCNO. The number of aliphatic hydroxyl groups is 1. The van der Waals surface area contributed by atoms with Crippen LogP contribution >= 0.6 is 0 Å². The van der Waals surface area contributed by atoms with Gasteiger partial charge in [0.15, 0.2) is 0 Å². The first-order chi connectivity index (χ1) is 9.10. The second-order valence-corrected chi connectivity index (χ2v) is 4.74. The molecule has 0 radical (unpaired) electrons. The van der Waals surface area contributed by atoms with Crippen LogP contribution in [0.25, 0.3) is 0 Å². The topological polar surface area (TPSA) is 64.5 Å². The summed E-state index contributed by atoms with van der Waals surface area (Å²) in [7, 11) is 0. The Morgan fingerprint density at radius 3 is 2.47 bits per heavy atom. The molecule has 0 aromatic heterocycles. The quantitative estimate of drug-likeness (QED) is 0.190. The van der Waals surface area contributed by atoms with Crippen LogP contribution in [0.1, 0.15) is 45.4 Å². The summed E-state index contributed by atoms with van der Waals surface area (Å²) in [5.41, 5.74) is 3.87. The molecule has 0 heterocycles. The third kappa shape index (κ3) is 11.7. The van der Waals surface area contributed by atoms with Crippen molar-refractivity contribution < 1.29 is 10.3 Å². The molecule has 0 amide bonds. The third-order valence-corrected chi connectivity index (χ3v) is 2.84. The van der Waals surface area contributed by atoms with E-state index in [0.717, 1.165) is 44.1 Å². The molecule has 0 aromatic rings. The standard InChI is InChI=1S/C15H28N2O2/c1-4-13(2)12-14(3)17-15(18)10-8-6-5-7-9-11-16-19/h4,12,15-19H,1,3,5-11H2,2H3/b13-12-. The second kappa shape index (κ2) is 12.0. The van der Waals surface area contributed by atoms with E-state index in [4.69, 9.17) is 5.21 Å². The number of unbranched alkanes of at least 4 members (excludes halogenated alkanes) is 4. The van der Waals surface area contributed by atoms with E-state index in [9.17, 15) is 5.11 Å². The number of rotatable bonds is 12. The molecule has 0 spiro atoms. The zero-order chi connectivity index (χ0) is 14.5. The van der Waals surface area contributed by atoms with Gasteiger partial charge in [0.05, 0.1) is 0 Å². The van der Waals surface area contributed by atoms with Crippen LogP contribution < -0.4 is 10.8 Å². The zero-order valence-electron chi connectivity index (χ0n) is 12.0. The molecule has 0 bridgehead atoms. The van der Waals surface area contributed by atoms with Gasteiger partial charge in [0.1, 0.15) is 6.23 Å². The summed E-state index contributed by atoms with van der Waals surface area (Å²) in [6, 6.07) is 0. The largest absolute Gasteiger partial charge is 0.374 e. The Morgan fingerprint density at radius 2 is 1.84 bits per heavy atom. The van der Waals surface area contributed by atoms with E-state index in [1.165, 1.54) is 0 Å². The van der Waals surface area contributed by atoms with Crippen molar-refractivity contribution in [2.24, 2.45) is 0 Å². The minimum Gasteiger partial charge on any atom is -0.374 e. The highest BCUT2D eigenvalue weighted by Gasteiger charge is 2.03. The average Bonchev–Trinajstić information content (AvgIpc) is 2.37.